The van der Waals surface area contributed by atoms with Crippen LogP contribution in [-0.4, -0.2) is 24.2 Å². The van der Waals surface area contributed by atoms with Gasteiger partial charge in [0.05, 0.1) is 5.41 Å². The van der Waals surface area contributed by atoms with E-state index in [1.165, 1.54) is 6.42 Å². The lowest BCUT2D eigenvalue weighted by Gasteiger charge is -2.34. The SMILES string of the molecule is Cl.O=C(O)[C@]12CCCC[C@H]1CNC2. The van der Waals surface area contributed by atoms with Gasteiger partial charge in [0.15, 0.2) is 0 Å². The first-order valence-electron chi connectivity index (χ1n) is 4.70. The van der Waals surface area contributed by atoms with E-state index < -0.39 is 11.4 Å². The number of fused-ring (bicyclic) bond motifs is 1. The molecule has 3 nitrogen and oxygen atoms in total. The lowest BCUT2D eigenvalue weighted by molar-refractivity contribution is -0.152. The molecule has 4 heteroatoms. The molecule has 0 aromatic heterocycles. The van der Waals surface area contributed by atoms with Gasteiger partial charge < -0.3 is 10.4 Å². The first-order valence-corrected chi connectivity index (χ1v) is 4.70. The van der Waals surface area contributed by atoms with Crippen LogP contribution < -0.4 is 5.32 Å². The van der Waals surface area contributed by atoms with E-state index in [1.807, 2.05) is 0 Å². The standard InChI is InChI=1S/C9H15NO2.ClH/c11-8(12)9-4-2-1-3-7(9)5-10-6-9;/h7,10H,1-6H2,(H,11,12);1H/t7-,9-;/m0./s1. The predicted molar refractivity (Wildman–Crippen MR) is 52.1 cm³/mol. The molecule has 0 spiro atoms. The topological polar surface area (TPSA) is 49.3 Å². The van der Waals surface area contributed by atoms with E-state index in [2.05, 4.69) is 5.32 Å². The van der Waals surface area contributed by atoms with Crippen LogP contribution in [0, 0.1) is 11.3 Å². The zero-order valence-electron chi connectivity index (χ0n) is 7.58. The van der Waals surface area contributed by atoms with Gasteiger partial charge in [-0.05, 0) is 25.3 Å². The van der Waals surface area contributed by atoms with Crippen molar-refractivity contribution in [1.29, 1.82) is 0 Å². The molecule has 2 aliphatic rings. The van der Waals surface area contributed by atoms with Crippen molar-refractivity contribution in [2.75, 3.05) is 13.1 Å². The van der Waals surface area contributed by atoms with Crippen molar-refractivity contribution >= 4 is 18.4 Å². The van der Waals surface area contributed by atoms with Gasteiger partial charge in [-0.15, -0.1) is 12.4 Å². The third-order valence-electron chi connectivity index (χ3n) is 3.46. The van der Waals surface area contributed by atoms with Crippen molar-refractivity contribution in [2.45, 2.75) is 25.7 Å². The smallest absolute Gasteiger partial charge is 0.311 e. The largest absolute Gasteiger partial charge is 0.481 e. The first kappa shape index (κ1) is 10.8. The molecule has 1 saturated carbocycles. The van der Waals surface area contributed by atoms with Gasteiger partial charge in [0.25, 0.3) is 0 Å². The predicted octanol–water partition coefficient (Wildman–Crippen LogP) is 1.27. The summed E-state index contributed by atoms with van der Waals surface area (Å²) >= 11 is 0. The molecule has 1 aliphatic heterocycles. The lowest BCUT2D eigenvalue weighted by Crippen LogP contribution is -2.40. The highest BCUT2D eigenvalue weighted by Crippen LogP contribution is 2.43. The van der Waals surface area contributed by atoms with E-state index in [9.17, 15) is 4.79 Å². The number of carbonyl (C=O) groups is 1. The third-order valence-corrected chi connectivity index (χ3v) is 3.46. The summed E-state index contributed by atoms with van der Waals surface area (Å²) < 4.78 is 0. The van der Waals surface area contributed by atoms with Crippen molar-refractivity contribution < 1.29 is 9.90 Å². The quantitative estimate of drug-likeness (QED) is 0.678. The second kappa shape index (κ2) is 3.84. The van der Waals surface area contributed by atoms with Crippen LogP contribution >= 0.6 is 12.4 Å². The number of hydrogen-bond acceptors (Lipinski definition) is 2. The van der Waals surface area contributed by atoms with E-state index in [1.54, 1.807) is 0 Å². The van der Waals surface area contributed by atoms with Crippen LogP contribution in [0.3, 0.4) is 0 Å². The van der Waals surface area contributed by atoms with Crippen molar-refractivity contribution in [3.05, 3.63) is 0 Å². The fourth-order valence-corrected chi connectivity index (χ4v) is 2.67. The van der Waals surface area contributed by atoms with Crippen LogP contribution in [0.2, 0.25) is 0 Å². The van der Waals surface area contributed by atoms with Crippen molar-refractivity contribution in [3.63, 3.8) is 0 Å². The molecule has 76 valence electrons. The average Bonchev–Trinajstić information content (AvgIpc) is 2.48. The molecule has 0 unspecified atom stereocenters. The number of carboxylic acids is 1. The van der Waals surface area contributed by atoms with Crippen molar-refractivity contribution in [1.82, 2.24) is 5.32 Å². The number of nitrogens with one attached hydrogen (secondary N) is 1. The summed E-state index contributed by atoms with van der Waals surface area (Å²) in [5.74, 6) is -0.194. The summed E-state index contributed by atoms with van der Waals surface area (Å²) in [6.07, 6.45) is 4.27. The molecule has 13 heavy (non-hydrogen) atoms. The summed E-state index contributed by atoms with van der Waals surface area (Å²) in [5.41, 5.74) is -0.405. The molecule has 2 N–H and O–H groups in total. The Morgan fingerprint density at radius 1 is 1.46 bits per heavy atom. The minimum Gasteiger partial charge on any atom is -0.481 e. The van der Waals surface area contributed by atoms with Crippen LogP contribution in [0.4, 0.5) is 0 Å². The van der Waals surface area contributed by atoms with Gasteiger partial charge in [0.1, 0.15) is 0 Å². The molecule has 2 rings (SSSR count). The van der Waals surface area contributed by atoms with Crippen LogP contribution in [-0.2, 0) is 4.79 Å². The average molecular weight is 206 g/mol. The van der Waals surface area contributed by atoms with Gasteiger partial charge >= 0.3 is 5.97 Å². The summed E-state index contributed by atoms with van der Waals surface area (Å²) in [5, 5.41) is 12.4. The third kappa shape index (κ3) is 1.55. The molecule has 2 fully saturated rings. The first-order chi connectivity index (χ1) is 5.76. The normalized spacial score (nSPS) is 37.7. The Bertz CT molecular complexity index is 210. The van der Waals surface area contributed by atoms with E-state index in [4.69, 9.17) is 5.11 Å². The molecular formula is C9H16ClNO2. The van der Waals surface area contributed by atoms with Crippen molar-refractivity contribution in [3.8, 4) is 0 Å². The van der Waals surface area contributed by atoms with Crippen LogP contribution in [0.1, 0.15) is 25.7 Å². The fraction of sp³-hybridized carbons (Fsp3) is 0.889. The maximum absolute atomic E-state index is 11.1. The fourth-order valence-electron chi connectivity index (χ4n) is 2.67. The number of halogens is 1. The second-order valence-corrected chi connectivity index (χ2v) is 4.03. The summed E-state index contributed by atoms with van der Waals surface area (Å²) in [6, 6.07) is 0. The Labute approximate surface area is 84.3 Å². The van der Waals surface area contributed by atoms with Gasteiger partial charge in [-0.25, -0.2) is 0 Å². The van der Waals surface area contributed by atoms with Crippen LogP contribution in [0.25, 0.3) is 0 Å². The Morgan fingerprint density at radius 2 is 2.23 bits per heavy atom. The highest BCUT2D eigenvalue weighted by Gasteiger charge is 2.49. The number of aliphatic carboxylic acids is 1. The molecule has 0 bridgehead atoms. The van der Waals surface area contributed by atoms with E-state index in [0.29, 0.717) is 12.5 Å². The molecule has 0 aromatic rings. The van der Waals surface area contributed by atoms with E-state index >= 15 is 0 Å². The summed E-state index contributed by atoms with van der Waals surface area (Å²) in [7, 11) is 0. The van der Waals surface area contributed by atoms with Gasteiger partial charge in [0.2, 0.25) is 0 Å². The molecule has 1 heterocycles. The molecule has 0 amide bonds. The Hall–Kier alpha value is -0.280. The molecular weight excluding hydrogens is 190 g/mol. The zero-order valence-corrected chi connectivity index (χ0v) is 8.40. The number of hydrogen-bond donors (Lipinski definition) is 2. The number of carboxylic acid groups (broad SMARTS) is 1. The van der Waals surface area contributed by atoms with E-state index in [-0.39, 0.29) is 12.4 Å². The highest BCUT2D eigenvalue weighted by atomic mass is 35.5. The summed E-state index contributed by atoms with van der Waals surface area (Å²) in [4.78, 5) is 11.1. The zero-order chi connectivity index (χ0) is 8.60. The van der Waals surface area contributed by atoms with Crippen LogP contribution in [0.5, 0.6) is 0 Å². The van der Waals surface area contributed by atoms with Crippen molar-refractivity contribution in [2.24, 2.45) is 11.3 Å². The lowest BCUT2D eigenvalue weighted by atomic mass is 9.68. The van der Waals surface area contributed by atoms with Gasteiger partial charge in [-0.2, -0.15) is 0 Å². The molecule has 1 saturated heterocycles. The molecule has 0 aromatic carbocycles. The van der Waals surface area contributed by atoms with Crippen LogP contribution in [0.15, 0.2) is 0 Å². The monoisotopic (exact) mass is 205 g/mol. The Balaban J connectivity index is 0.000000845. The Kier molecular flexibility index (Phi) is 3.19. The summed E-state index contributed by atoms with van der Waals surface area (Å²) in [6.45, 7) is 1.60. The molecule has 0 radical (unpaired) electrons. The molecule has 1 aliphatic carbocycles. The highest BCUT2D eigenvalue weighted by molar-refractivity contribution is 5.85. The Morgan fingerprint density at radius 3 is 2.85 bits per heavy atom. The van der Waals surface area contributed by atoms with E-state index in [0.717, 1.165) is 25.8 Å². The van der Waals surface area contributed by atoms with Gasteiger partial charge in [0, 0.05) is 6.54 Å². The maximum Gasteiger partial charge on any atom is 0.311 e. The maximum atomic E-state index is 11.1. The number of rotatable bonds is 1. The van der Waals surface area contributed by atoms with Gasteiger partial charge in [-0.3, -0.25) is 4.79 Å². The second-order valence-electron chi connectivity index (χ2n) is 4.03. The minimum absolute atomic E-state index is 0. The van der Waals surface area contributed by atoms with Gasteiger partial charge in [-0.1, -0.05) is 12.8 Å². The molecule has 2 atom stereocenters. The minimum atomic E-state index is -0.586.